The molecule has 1 unspecified atom stereocenters. The first-order valence-corrected chi connectivity index (χ1v) is 12.7. The zero-order valence-electron chi connectivity index (χ0n) is 18.9. The van der Waals surface area contributed by atoms with Crippen molar-refractivity contribution in [3.05, 3.63) is 45.3 Å². The van der Waals surface area contributed by atoms with Gasteiger partial charge in [-0.1, -0.05) is 42.8 Å². The van der Waals surface area contributed by atoms with Gasteiger partial charge in [0.25, 0.3) is 0 Å². The minimum atomic E-state index is -0.0261. The lowest BCUT2D eigenvalue weighted by Crippen LogP contribution is -2.16. The van der Waals surface area contributed by atoms with E-state index in [1.165, 1.54) is 58.3 Å². The monoisotopic (exact) mass is 454 g/mol. The fourth-order valence-electron chi connectivity index (χ4n) is 4.40. The number of anilines is 1. The summed E-state index contributed by atoms with van der Waals surface area (Å²) in [5, 5.41) is 12.6. The number of rotatable bonds is 6. The number of amides is 1. The number of aromatic nitrogens is 3. The standard InChI is InChI=1S/C24H30N4OS2/c1-6-17-7-8-19-18(11-17)12-20(31-19)23-26-27-24(28(23)5)30-13-21(29)25-22-15(3)9-14(2)10-16(22)4/h9-10,12,17H,6-8,11,13H2,1-5H3,(H,25,29). The molecule has 1 atom stereocenters. The van der Waals surface area contributed by atoms with Crippen molar-refractivity contribution in [2.45, 2.75) is 58.5 Å². The highest BCUT2D eigenvalue weighted by Crippen LogP contribution is 2.38. The third-order valence-electron chi connectivity index (χ3n) is 6.09. The molecular weight excluding hydrogens is 424 g/mol. The maximum Gasteiger partial charge on any atom is 0.234 e. The number of fused-ring (bicyclic) bond motifs is 1. The lowest BCUT2D eigenvalue weighted by molar-refractivity contribution is -0.113. The zero-order chi connectivity index (χ0) is 22.1. The van der Waals surface area contributed by atoms with Crippen LogP contribution in [0.3, 0.4) is 0 Å². The van der Waals surface area contributed by atoms with E-state index in [-0.39, 0.29) is 5.91 Å². The van der Waals surface area contributed by atoms with E-state index in [0.29, 0.717) is 5.75 Å². The van der Waals surface area contributed by atoms with Crippen molar-refractivity contribution in [3.63, 3.8) is 0 Å². The molecule has 3 aromatic rings. The molecule has 0 spiro atoms. The largest absolute Gasteiger partial charge is 0.325 e. The summed E-state index contributed by atoms with van der Waals surface area (Å²) in [6, 6.07) is 6.48. The molecule has 0 saturated heterocycles. The Kier molecular flexibility index (Phi) is 6.53. The van der Waals surface area contributed by atoms with Gasteiger partial charge in [0.2, 0.25) is 5.91 Å². The minimum absolute atomic E-state index is 0.0261. The lowest BCUT2D eigenvalue weighted by atomic mass is 9.87. The summed E-state index contributed by atoms with van der Waals surface area (Å²) in [7, 11) is 1.98. The minimum Gasteiger partial charge on any atom is -0.325 e. The maximum absolute atomic E-state index is 12.6. The van der Waals surface area contributed by atoms with E-state index in [0.717, 1.165) is 33.7 Å². The molecule has 1 aliphatic rings. The highest BCUT2D eigenvalue weighted by atomic mass is 32.2. The van der Waals surface area contributed by atoms with Gasteiger partial charge in [0, 0.05) is 17.6 Å². The van der Waals surface area contributed by atoms with Gasteiger partial charge in [-0.25, -0.2) is 0 Å². The number of carbonyl (C=O) groups excluding carboxylic acids is 1. The van der Waals surface area contributed by atoms with Crippen LogP contribution in [0.2, 0.25) is 0 Å². The van der Waals surface area contributed by atoms with Crippen LogP contribution in [0.5, 0.6) is 0 Å². The Morgan fingerprint density at radius 3 is 2.68 bits per heavy atom. The Morgan fingerprint density at radius 2 is 1.97 bits per heavy atom. The molecular formula is C24H30N4OS2. The number of nitrogens with one attached hydrogen (secondary N) is 1. The second-order valence-corrected chi connectivity index (χ2v) is 10.6. The van der Waals surface area contributed by atoms with E-state index in [1.807, 2.05) is 36.8 Å². The smallest absolute Gasteiger partial charge is 0.234 e. The number of nitrogens with zero attached hydrogens (tertiary/aromatic N) is 3. The number of thioether (sulfide) groups is 1. The average Bonchev–Trinajstić information content (AvgIpc) is 3.31. The predicted molar refractivity (Wildman–Crippen MR) is 130 cm³/mol. The molecule has 0 fully saturated rings. The molecule has 1 aliphatic carbocycles. The van der Waals surface area contributed by atoms with Crippen LogP contribution in [0.15, 0.2) is 23.4 Å². The summed E-state index contributed by atoms with van der Waals surface area (Å²) in [4.78, 5) is 15.2. The highest BCUT2D eigenvalue weighted by Gasteiger charge is 2.22. The van der Waals surface area contributed by atoms with Crippen molar-refractivity contribution in [1.29, 1.82) is 0 Å². The first-order valence-electron chi connectivity index (χ1n) is 10.9. The van der Waals surface area contributed by atoms with Gasteiger partial charge in [0.05, 0.1) is 10.6 Å². The molecule has 2 heterocycles. The average molecular weight is 455 g/mol. The van der Waals surface area contributed by atoms with Crippen LogP contribution in [0.1, 0.15) is 46.9 Å². The van der Waals surface area contributed by atoms with Crippen molar-refractivity contribution in [2.24, 2.45) is 13.0 Å². The van der Waals surface area contributed by atoms with Crippen LogP contribution >= 0.6 is 23.1 Å². The number of hydrogen-bond donors (Lipinski definition) is 1. The van der Waals surface area contributed by atoms with Crippen LogP contribution < -0.4 is 5.32 Å². The molecule has 5 nitrogen and oxygen atoms in total. The Hall–Kier alpha value is -2.12. The predicted octanol–water partition coefficient (Wildman–Crippen LogP) is 5.71. The molecule has 164 valence electrons. The molecule has 2 aromatic heterocycles. The second kappa shape index (κ2) is 9.17. The van der Waals surface area contributed by atoms with Crippen molar-refractivity contribution < 1.29 is 4.79 Å². The van der Waals surface area contributed by atoms with Crippen LogP contribution in [0.4, 0.5) is 5.69 Å². The van der Waals surface area contributed by atoms with Crippen LogP contribution in [-0.2, 0) is 24.7 Å². The molecule has 1 aromatic carbocycles. The molecule has 31 heavy (non-hydrogen) atoms. The van der Waals surface area contributed by atoms with Gasteiger partial charge in [-0.05, 0) is 68.7 Å². The van der Waals surface area contributed by atoms with Crippen molar-refractivity contribution in [2.75, 3.05) is 11.1 Å². The first-order chi connectivity index (χ1) is 14.9. The van der Waals surface area contributed by atoms with Crippen LogP contribution in [0, 0.1) is 26.7 Å². The summed E-state index contributed by atoms with van der Waals surface area (Å²) in [5.41, 5.74) is 5.77. The molecule has 1 amide bonds. The zero-order valence-corrected chi connectivity index (χ0v) is 20.5. The molecule has 0 aliphatic heterocycles. The summed E-state index contributed by atoms with van der Waals surface area (Å²) in [6.07, 6.45) is 4.90. The van der Waals surface area contributed by atoms with Crippen molar-refractivity contribution >= 4 is 34.7 Å². The third-order valence-corrected chi connectivity index (χ3v) is 8.34. The summed E-state index contributed by atoms with van der Waals surface area (Å²) in [6.45, 7) is 8.41. The van der Waals surface area contributed by atoms with E-state index < -0.39 is 0 Å². The van der Waals surface area contributed by atoms with E-state index >= 15 is 0 Å². The number of carbonyl (C=O) groups is 1. The number of benzene rings is 1. The topological polar surface area (TPSA) is 59.8 Å². The third kappa shape index (κ3) is 4.72. The van der Waals surface area contributed by atoms with E-state index in [2.05, 4.69) is 47.6 Å². The van der Waals surface area contributed by atoms with Gasteiger partial charge in [0.15, 0.2) is 11.0 Å². The number of thiophene rings is 1. The van der Waals surface area contributed by atoms with Crippen molar-refractivity contribution in [3.8, 4) is 10.7 Å². The van der Waals surface area contributed by atoms with E-state index in [9.17, 15) is 4.79 Å². The number of aryl methyl sites for hydroxylation is 4. The highest BCUT2D eigenvalue weighted by molar-refractivity contribution is 7.99. The summed E-state index contributed by atoms with van der Waals surface area (Å²) < 4.78 is 2.01. The molecule has 1 N–H and O–H groups in total. The Balaban J connectivity index is 1.43. The fraction of sp³-hybridized carbons (Fsp3) is 0.458. The van der Waals surface area contributed by atoms with Crippen LogP contribution in [-0.4, -0.2) is 26.4 Å². The molecule has 0 radical (unpaired) electrons. The Labute approximate surface area is 192 Å². The molecule has 7 heteroatoms. The first kappa shape index (κ1) is 22.1. The Morgan fingerprint density at radius 1 is 1.23 bits per heavy atom. The van der Waals surface area contributed by atoms with Crippen LogP contribution in [0.25, 0.3) is 10.7 Å². The van der Waals surface area contributed by atoms with Gasteiger partial charge in [-0.15, -0.1) is 21.5 Å². The van der Waals surface area contributed by atoms with E-state index in [4.69, 9.17) is 0 Å². The van der Waals surface area contributed by atoms with Gasteiger partial charge in [-0.3, -0.25) is 4.79 Å². The van der Waals surface area contributed by atoms with E-state index in [1.54, 1.807) is 0 Å². The summed E-state index contributed by atoms with van der Waals surface area (Å²) >= 11 is 3.27. The van der Waals surface area contributed by atoms with Crippen molar-refractivity contribution in [1.82, 2.24) is 14.8 Å². The molecule has 4 rings (SSSR count). The lowest BCUT2D eigenvalue weighted by Gasteiger charge is -2.19. The Bertz CT molecular complexity index is 1090. The van der Waals surface area contributed by atoms with Gasteiger partial charge in [0.1, 0.15) is 0 Å². The molecule has 0 bridgehead atoms. The van der Waals surface area contributed by atoms with Gasteiger partial charge in [-0.2, -0.15) is 0 Å². The molecule has 0 saturated carbocycles. The quantitative estimate of drug-likeness (QED) is 0.484. The second-order valence-electron chi connectivity index (χ2n) is 8.55. The fourth-order valence-corrected chi connectivity index (χ4v) is 6.34. The van der Waals surface area contributed by atoms with Gasteiger partial charge < -0.3 is 9.88 Å². The maximum atomic E-state index is 12.6. The van der Waals surface area contributed by atoms with Gasteiger partial charge >= 0.3 is 0 Å². The SMILES string of the molecule is CCC1CCc2sc(-c3nnc(SCC(=O)Nc4c(C)cc(C)cc4C)n3C)cc2C1. The summed E-state index contributed by atoms with van der Waals surface area (Å²) in [5.74, 6) is 1.97. The number of hydrogen-bond acceptors (Lipinski definition) is 5. The normalized spacial score (nSPS) is 15.7.